The molecular formula is C37H37INOP. The molecular weight excluding hydrogens is 632 g/mol. The summed E-state index contributed by atoms with van der Waals surface area (Å²) in [6.45, 7) is 3.20. The Morgan fingerprint density at radius 3 is 2.46 bits per heavy atom. The molecule has 0 aromatic heterocycles. The summed E-state index contributed by atoms with van der Waals surface area (Å²) in [6, 6.07) is 32.5. The standard InChI is InChI=1S/C37H37INOP/c1-37-19-8-13-34(37)30-16-14-26-21-36-33(23-31(26)29(30)18-20-37)32-22-27(38)15-17-35(32)39(24-25-9-4-2-5-10-25)41(36,40)28-11-6-3-7-12-28/h2-7,9-12,15,17,21-23,29-30,34H,8,13-14,16,18-20,24H2,1H3/t29-,30+,34-,37-,41-/m0/s1. The van der Waals surface area contributed by atoms with Gasteiger partial charge >= 0.3 is 0 Å². The second-order valence-corrected chi connectivity index (χ2v) is 17.1. The van der Waals surface area contributed by atoms with E-state index < -0.39 is 7.29 Å². The lowest BCUT2D eigenvalue weighted by atomic mass is 9.56. The first kappa shape index (κ1) is 26.3. The maximum Gasteiger partial charge on any atom is 0.230 e. The Hall–Kier alpha value is -2.36. The van der Waals surface area contributed by atoms with Gasteiger partial charge < -0.3 is 4.67 Å². The third kappa shape index (κ3) is 4.05. The number of halogens is 1. The van der Waals surface area contributed by atoms with Crippen molar-refractivity contribution in [3.8, 4) is 11.1 Å². The van der Waals surface area contributed by atoms with Crippen molar-refractivity contribution in [2.24, 2.45) is 17.3 Å². The minimum atomic E-state index is -3.16. The molecule has 4 heteroatoms. The van der Waals surface area contributed by atoms with E-state index in [1.54, 1.807) is 5.56 Å². The molecule has 208 valence electrons. The van der Waals surface area contributed by atoms with E-state index in [0.29, 0.717) is 17.9 Å². The van der Waals surface area contributed by atoms with E-state index in [0.717, 1.165) is 34.6 Å². The van der Waals surface area contributed by atoms with Crippen LogP contribution in [-0.4, -0.2) is 0 Å². The Morgan fingerprint density at radius 1 is 0.878 bits per heavy atom. The van der Waals surface area contributed by atoms with Gasteiger partial charge in [-0.3, -0.25) is 4.57 Å². The van der Waals surface area contributed by atoms with Gasteiger partial charge in [0.15, 0.2) is 0 Å². The third-order valence-corrected chi connectivity index (χ3v) is 14.8. The van der Waals surface area contributed by atoms with Crippen LogP contribution < -0.4 is 15.3 Å². The highest BCUT2D eigenvalue weighted by molar-refractivity contribution is 14.1. The summed E-state index contributed by atoms with van der Waals surface area (Å²) in [5, 5.41) is 1.96. The monoisotopic (exact) mass is 669 g/mol. The molecule has 5 atom stereocenters. The average Bonchev–Trinajstić information content (AvgIpc) is 3.41. The maximum absolute atomic E-state index is 15.9. The number of aryl methyl sites for hydroxylation is 1. The average molecular weight is 670 g/mol. The zero-order valence-corrected chi connectivity index (χ0v) is 26.8. The number of benzene rings is 4. The van der Waals surface area contributed by atoms with Crippen LogP contribution in [0.1, 0.15) is 68.1 Å². The van der Waals surface area contributed by atoms with Gasteiger partial charge in [0.05, 0.1) is 12.2 Å². The number of hydrogen-bond acceptors (Lipinski definition) is 1. The van der Waals surface area contributed by atoms with Crippen molar-refractivity contribution in [1.29, 1.82) is 0 Å². The Morgan fingerprint density at radius 2 is 1.66 bits per heavy atom. The Kier molecular flexibility index (Phi) is 6.31. The van der Waals surface area contributed by atoms with E-state index in [4.69, 9.17) is 0 Å². The summed E-state index contributed by atoms with van der Waals surface area (Å²) in [6.07, 6.45) is 9.30. The van der Waals surface area contributed by atoms with Crippen molar-refractivity contribution < 1.29 is 4.57 Å². The lowest BCUT2D eigenvalue weighted by molar-refractivity contribution is 0.0599. The summed E-state index contributed by atoms with van der Waals surface area (Å²) >= 11 is 2.44. The minimum absolute atomic E-state index is 0.552. The molecule has 1 heterocycles. The van der Waals surface area contributed by atoms with E-state index in [2.05, 4.69) is 107 Å². The van der Waals surface area contributed by atoms with Gasteiger partial charge in [-0.2, -0.15) is 0 Å². The molecule has 3 aliphatic carbocycles. The van der Waals surface area contributed by atoms with Gasteiger partial charge in [-0.05, 0) is 149 Å². The first-order valence-electron chi connectivity index (χ1n) is 15.4. The van der Waals surface area contributed by atoms with E-state index in [1.807, 2.05) is 18.2 Å². The highest BCUT2D eigenvalue weighted by Crippen LogP contribution is 2.63. The second kappa shape index (κ2) is 9.85. The zero-order chi connectivity index (χ0) is 27.8. The van der Waals surface area contributed by atoms with E-state index in [1.165, 1.54) is 64.3 Å². The smallest absolute Gasteiger partial charge is 0.230 e. The molecule has 4 aliphatic rings. The molecule has 0 radical (unpaired) electrons. The molecule has 0 unspecified atom stereocenters. The molecule has 0 amide bonds. The van der Waals surface area contributed by atoms with Gasteiger partial charge in [-0.15, -0.1) is 0 Å². The molecule has 4 aromatic carbocycles. The largest absolute Gasteiger partial charge is 0.311 e. The molecule has 4 aromatic rings. The Bertz CT molecular complexity index is 1680. The van der Waals surface area contributed by atoms with Crippen LogP contribution in [0.4, 0.5) is 5.69 Å². The third-order valence-electron chi connectivity index (χ3n) is 11.1. The number of hydrogen-bond donors (Lipinski definition) is 0. The lowest BCUT2D eigenvalue weighted by Gasteiger charge is -2.50. The summed E-state index contributed by atoms with van der Waals surface area (Å²) < 4.78 is 19.4. The number of fused-ring (bicyclic) bond motifs is 8. The second-order valence-electron chi connectivity index (χ2n) is 13.2. The van der Waals surface area contributed by atoms with Crippen molar-refractivity contribution in [2.75, 3.05) is 4.67 Å². The molecule has 0 bridgehead atoms. The van der Waals surface area contributed by atoms with E-state index in [9.17, 15) is 0 Å². The van der Waals surface area contributed by atoms with Crippen molar-refractivity contribution in [2.45, 2.75) is 64.3 Å². The van der Waals surface area contributed by atoms with Crippen LogP contribution in [0.3, 0.4) is 0 Å². The zero-order valence-electron chi connectivity index (χ0n) is 23.7. The first-order valence-corrected chi connectivity index (χ1v) is 18.1. The summed E-state index contributed by atoms with van der Waals surface area (Å²) in [5.74, 6) is 2.32. The lowest BCUT2D eigenvalue weighted by Crippen LogP contribution is -2.40. The number of nitrogens with zero attached hydrogens (tertiary/aromatic N) is 1. The van der Waals surface area contributed by atoms with Crippen LogP contribution in [0.5, 0.6) is 0 Å². The predicted molar refractivity (Wildman–Crippen MR) is 180 cm³/mol. The summed E-state index contributed by atoms with van der Waals surface area (Å²) in [5.41, 5.74) is 8.28. The highest BCUT2D eigenvalue weighted by Gasteiger charge is 2.51. The molecule has 0 N–H and O–H groups in total. The van der Waals surface area contributed by atoms with Crippen LogP contribution >= 0.6 is 29.9 Å². The molecule has 0 saturated heterocycles. The van der Waals surface area contributed by atoms with E-state index in [-0.39, 0.29) is 0 Å². The maximum atomic E-state index is 15.9. The molecule has 1 aliphatic heterocycles. The normalized spacial score (nSPS) is 29.6. The molecule has 2 nitrogen and oxygen atoms in total. The van der Waals surface area contributed by atoms with Crippen molar-refractivity contribution in [1.82, 2.24) is 0 Å². The van der Waals surface area contributed by atoms with Gasteiger partial charge in [-0.25, -0.2) is 0 Å². The van der Waals surface area contributed by atoms with Crippen LogP contribution in [0, 0.1) is 20.8 Å². The number of anilines is 1. The van der Waals surface area contributed by atoms with Gasteiger partial charge in [-0.1, -0.05) is 61.9 Å². The minimum Gasteiger partial charge on any atom is -0.311 e. The first-order chi connectivity index (χ1) is 20.0. The fourth-order valence-electron chi connectivity index (χ4n) is 9.15. The van der Waals surface area contributed by atoms with Gasteiger partial charge in [0.1, 0.15) is 0 Å². The van der Waals surface area contributed by atoms with Gasteiger partial charge in [0.25, 0.3) is 0 Å². The van der Waals surface area contributed by atoms with Crippen molar-refractivity contribution >= 4 is 46.2 Å². The molecule has 2 saturated carbocycles. The molecule has 2 fully saturated rings. The topological polar surface area (TPSA) is 20.3 Å². The van der Waals surface area contributed by atoms with Crippen LogP contribution in [0.15, 0.2) is 91.0 Å². The van der Waals surface area contributed by atoms with Crippen molar-refractivity contribution in [3.63, 3.8) is 0 Å². The fraction of sp³-hybridized carbons (Fsp3) is 0.351. The molecule has 41 heavy (non-hydrogen) atoms. The predicted octanol–water partition coefficient (Wildman–Crippen LogP) is 9.45. The Labute approximate surface area is 258 Å². The number of rotatable bonds is 3. The van der Waals surface area contributed by atoms with Crippen molar-refractivity contribution in [3.05, 3.63) is 111 Å². The van der Waals surface area contributed by atoms with Crippen LogP contribution in [0.25, 0.3) is 11.1 Å². The highest BCUT2D eigenvalue weighted by atomic mass is 127. The quantitative estimate of drug-likeness (QED) is 0.160. The SMILES string of the molecule is C[C@@]12CCC[C@H]1[C@@H]1CCc3cc4c(cc3[C@H]1CC2)-c1cc(I)ccc1N(Cc1ccccc1)[P@]4(=O)c1ccccc1. The van der Waals surface area contributed by atoms with Gasteiger partial charge in [0.2, 0.25) is 7.29 Å². The van der Waals surface area contributed by atoms with Crippen LogP contribution in [0.2, 0.25) is 0 Å². The molecule has 8 rings (SSSR count). The summed E-state index contributed by atoms with van der Waals surface area (Å²) in [4.78, 5) is 0. The Balaban J connectivity index is 1.34. The summed E-state index contributed by atoms with van der Waals surface area (Å²) in [7, 11) is -3.16. The fourth-order valence-corrected chi connectivity index (χ4v) is 12.7. The van der Waals surface area contributed by atoms with Crippen LogP contribution in [-0.2, 0) is 17.5 Å². The molecule has 0 spiro atoms. The van der Waals surface area contributed by atoms with E-state index >= 15 is 4.57 Å². The van der Waals surface area contributed by atoms with Gasteiger partial charge in [0, 0.05) is 19.7 Å².